The number of carbonyl (C=O) groups is 2. The number of benzene rings is 4. The van der Waals surface area contributed by atoms with Gasteiger partial charge in [0.1, 0.15) is 66.8 Å². The second-order valence-corrected chi connectivity index (χ2v) is 29.1. The molecular formula is C66H43Cl9F9N15O14S. The van der Waals surface area contributed by atoms with Gasteiger partial charge >= 0.3 is 30.7 Å². The van der Waals surface area contributed by atoms with E-state index in [1.165, 1.54) is 67.1 Å². The van der Waals surface area contributed by atoms with Gasteiger partial charge < -0.3 is 72.3 Å². The fourth-order valence-corrected chi connectivity index (χ4v) is 13.0. The van der Waals surface area contributed by atoms with Gasteiger partial charge in [0.2, 0.25) is 17.5 Å². The molecule has 2 aliphatic rings. The highest BCUT2D eigenvalue weighted by Crippen LogP contribution is 2.42. The number of aromatic hydroxyl groups is 1. The lowest BCUT2D eigenvalue weighted by Crippen LogP contribution is -2.32. The van der Waals surface area contributed by atoms with Crippen LogP contribution in [0, 0.1) is 6.92 Å². The van der Waals surface area contributed by atoms with Crippen molar-refractivity contribution < 1.29 is 104 Å². The van der Waals surface area contributed by atoms with Crippen molar-refractivity contribution in [3.05, 3.63) is 184 Å². The minimum atomic E-state index is -4.58. The Balaban J connectivity index is 0.000000144. The number of hydrogen-bond acceptors (Lipinski definition) is 24. The molecule has 4 aromatic carbocycles. The number of aryl methyl sites for hydroxylation is 1. The van der Waals surface area contributed by atoms with Gasteiger partial charge in [-0.1, -0.05) is 138 Å². The summed E-state index contributed by atoms with van der Waals surface area (Å²) in [5, 5.41) is 35.3. The SMILES string of the molecule is Cc1ccc(S(=O)(=O)OCC2COC(=O)N2)cc1.NC(CO)COc1cc(Cl)c(-c2nc(-c3cn4cc(C(F)(F)F)cc(Cl)c4n3)no2)cc1Cl.O=C1NC(COc2cc(Cl)c(-c3nc(-c4cn5cc(C(F)(F)F)cc(Cl)c5n4)no3)cc2Cl)CO1.Oc1cc(Cl)c(-c2nc(-c3cn4cc(C(F)(F)F)cc(Cl)c4n3)no2)cc1Cl. The number of phenolic OH excluding ortho intramolecular Hbond substituents is 1. The molecule has 0 bridgehead atoms. The smallest absolute Gasteiger partial charge is 0.417 e. The summed E-state index contributed by atoms with van der Waals surface area (Å²) in [6.07, 6.45) is -8.35. The molecule has 0 spiro atoms. The van der Waals surface area contributed by atoms with Crippen LogP contribution < -0.4 is 25.8 Å². The molecular weight excluding hydrogens is 1750 g/mol. The number of alkyl halides is 9. The van der Waals surface area contributed by atoms with Gasteiger partial charge in [-0.15, -0.1) is 0 Å². The number of hydrogen-bond donors (Lipinski definition) is 5. The number of aliphatic hydroxyl groups excluding tert-OH is 1. The number of aliphatic hydroxyl groups is 1. The lowest BCUT2D eigenvalue weighted by molar-refractivity contribution is -0.138. The molecule has 0 saturated carbocycles. The third-order valence-electron chi connectivity index (χ3n) is 15.6. The Labute approximate surface area is 676 Å². The number of imidazole rings is 3. The zero-order valence-corrected chi connectivity index (χ0v) is 64.0. The quantitative estimate of drug-likeness (QED) is 0.0417. The van der Waals surface area contributed by atoms with E-state index in [4.69, 9.17) is 147 Å². The van der Waals surface area contributed by atoms with Crippen molar-refractivity contribution >= 4 is 144 Å². The molecule has 2 fully saturated rings. The predicted octanol–water partition coefficient (Wildman–Crippen LogP) is 16.8. The van der Waals surface area contributed by atoms with E-state index >= 15 is 0 Å². The Hall–Kier alpha value is -9.88. The van der Waals surface area contributed by atoms with Gasteiger partial charge in [-0.25, -0.2) is 24.5 Å². The van der Waals surface area contributed by atoms with Crippen LogP contribution in [0.3, 0.4) is 0 Å². The third kappa shape index (κ3) is 19.5. The van der Waals surface area contributed by atoms with Crippen molar-refractivity contribution in [3.8, 4) is 86.2 Å². The van der Waals surface area contributed by atoms with Gasteiger partial charge in [0, 0.05) is 55.4 Å². The van der Waals surface area contributed by atoms with Crippen molar-refractivity contribution in [2.45, 2.75) is 48.5 Å². The van der Waals surface area contributed by atoms with E-state index in [1.807, 2.05) is 6.92 Å². The molecule has 13 aromatic rings. The molecule has 6 N–H and O–H groups in total. The number of alkyl carbamates (subject to hydrolysis) is 2. The highest BCUT2D eigenvalue weighted by atomic mass is 35.5. The van der Waals surface area contributed by atoms with Gasteiger partial charge in [-0.05, 0) is 55.5 Å². The van der Waals surface area contributed by atoms with E-state index in [0.29, 0.717) is 11.1 Å². The largest absolute Gasteiger partial charge is 0.506 e. The van der Waals surface area contributed by atoms with Crippen LogP contribution in [0.1, 0.15) is 22.3 Å². The number of nitrogens with one attached hydrogen (secondary N) is 2. The number of carbonyl (C=O) groups excluding carboxylic acids is 2. The van der Waals surface area contributed by atoms with E-state index in [2.05, 4.69) is 60.7 Å². The Kier molecular flexibility index (Phi) is 24.8. The fraction of sp³-hybridized carbons (Fsp3) is 0.197. The number of fused-ring (bicyclic) bond motifs is 3. The Morgan fingerprint density at radius 3 is 1.25 bits per heavy atom. The summed E-state index contributed by atoms with van der Waals surface area (Å²) in [5.41, 5.74) is 5.31. The molecule has 3 atom stereocenters. The van der Waals surface area contributed by atoms with Gasteiger partial charge in [0.25, 0.3) is 27.8 Å². The molecule has 29 nitrogen and oxygen atoms in total. The third-order valence-corrected chi connectivity index (χ3v) is 19.5. The molecule has 15 rings (SSSR count). The van der Waals surface area contributed by atoms with Crippen LogP contribution in [0.2, 0.25) is 45.2 Å². The maximum Gasteiger partial charge on any atom is 0.417 e. The zero-order chi connectivity index (χ0) is 82.2. The molecule has 11 heterocycles. The second-order valence-electron chi connectivity index (χ2n) is 23.9. The molecule has 0 aliphatic carbocycles. The van der Waals surface area contributed by atoms with Crippen LogP contribution in [-0.4, -0.2) is 147 Å². The van der Waals surface area contributed by atoms with Crippen LogP contribution >= 0.6 is 104 Å². The summed E-state index contributed by atoms with van der Waals surface area (Å²) in [5.74, 6) is 0.262. The van der Waals surface area contributed by atoms with Crippen LogP contribution in [0.25, 0.3) is 85.9 Å². The molecule has 2 amide bonds. The lowest BCUT2D eigenvalue weighted by Gasteiger charge is -2.12. The van der Waals surface area contributed by atoms with Gasteiger partial charge in [-0.3, -0.25) is 4.18 Å². The lowest BCUT2D eigenvalue weighted by atomic mass is 10.2. The maximum atomic E-state index is 13.1. The van der Waals surface area contributed by atoms with Crippen molar-refractivity contribution in [2.24, 2.45) is 5.73 Å². The molecule has 48 heteroatoms. The molecule has 3 unspecified atom stereocenters. The number of cyclic esters (lactones) is 2. The normalized spacial score (nSPS) is 14.7. The van der Waals surface area contributed by atoms with E-state index in [9.17, 15) is 62.6 Å². The Bertz CT molecular complexity index is 5930. The van der Waals surface area contributed by atoms with E-state index in [-0.39, 0.29) is 188 Å². The van der Waals surface area contributed by atoms with E-state index in [0.717, 1.165) is 55.6 Å². The van der Waals surface area contributed by atoms with Gasteiger partial charge in [-0.2, -0.15) is 62.9 Å². The van der Waals surface area contributed by atoms with Gasteiger partial charge in [0.15, 0.2) is 16.9 Å². The van der Waals surface area contributed by atoms with Crippen molar-refractivity contribution in [1.29, 1.82) is 0 Å². The number of ether oxygens (including phenoxy) is 4. The topological polar surface area (TPSA) is 374 Å². The summed E-state index contributed by atoms with van der Waals surface area (Å²) in [6, 6.07) is 15.7. The first kappa shape index (κ1) is 83.5. The summed E-state index contributed by atoms with van der Waals surface area (Å²) in [7, 11) is -3.79. The monoisotopic (exact) mass is 1790 g/mol. The van der Waals surface area contributed by atoms with Crippen molar-refractivity contribution in [1.82, 2.24) is 69.2 Å². The fourth-order valence-electron chi connectivity index (χ4n) is 9.99. The first-order valence-electron chi connectivity index (χ1n) is 31.7. The van der Waals surface area contributed by atoms with E-state index in [1.54, 1.807) is 12.1 Å². The first-order chi connectivity index (χ1) is 53.7. The molecule has 2 saturated heterocycles. The molecule has 114 heavy (non-hydrogen) atoms. The number of aromatic nitrogens is 12. The van der Waals surface area contributed by atoms with Crippen LogP contribution in [0.4, 0.5) is 49.1 Å². The highest BCUT2D eigenvalue weighted by molar-refractivity contribution is 7.86. The molecule has 598 valence electrons. The first-order valence-corrected chi connectivity index (χ1v) is 36.5. The summed E-state index contributed by atoms with van der Waals surface area (Å²) < 4.78 is 185. The number of rotatable bonds is 17. The Morgan fingerprint density at radius 2 is 0.877 bits per heavy atom. The van der Waals surface area contributed by atoms with Gasteiger partial charge in [0.05, 0.1) is 109 Å². The van der Waals surface area contributed by atoms with E-state index < -0.39 is 69.6 Å². The van der Waals surface area contributed by atoms with Crippen LogP contribution in [0.15, 0.2) is 135 Å². The predicted molar refractivity (Wildman–Crippen MR) is 390 cm³/mol. The van der Waals surface area contributed by atoms with Crippen molar-refractivity contribution in [3.63, 3.8) is 0 Å². The zero-order valence-electron chi connectivity index (χ0n) is 56.4. The number of pyridine rings is 3. The highest BCUT2D eigenvalue weighted by Gasteiger charge is 2.36. The average molecular weight is 1790 g/mol. The maximum absolute atomic E-state index is 13.1. The summed E-state index contributed by atoms with van der Waals surface area (Å²) in [6.45, 7) is 1.87. The molecule has 2 aliphatic heterocycles. The molecule has 0 radical (unpaired) electrons. The van der Waals surface area contributed by atoms with Crippen LogP contribution in [-0.2, 0) is 42.3 Å². The summed E-state index contributed by atoms with van der Waals surface area (Å²) in [4.78, 5) is 47.0. The number of nitrogens with two attached hydrogens (primary N) is 1. The van der Waals surface area contributed by atoms with Crippen molar-refractivity contribution in [2.75, 3.05) is 39.6 Å². The number of phenols is 1. The summed E-state index contributed by atoms with van der Waals surface area (Å²) >= 11 is 54.9. The second kappa shape index (κ2) is 33.9. The number of halogens is 18. The number of nitrogens with zero attached hydrogens (tertiary/aromatic N) is 12. The standard InChI is InChI=1S/C20H11Cl3F3N5O4.C19H13Cl3F3N5O3.C16H6Cl3F3N4O2.C11H13NO5S/c21-11-3-15(33-6-9-7-34-19(32)27-9)12(22)2-10(11)18-29-16(30-35-18)14-5-31-4-8(20(24,25)26)1-13(23)17(31)28-14;20-11-3-15(32-7-9(26)6-31)12(21)2-10(11)18-28-16(29-33-18)14-5-30-4-8(19(23,24)25)1-13(22)17(30)27-14;17-8-3-12(27)9(18)2-7(8)15-24-13(25-28-15)11-5-26-4-6(16(20,21)22)1-10(19)14(26)23-11;1-8-2-4-10(5-3-8)18(14,15)17-7-9-6-16-11(13)12-9/h1-5,9H,6-7H2,(H,27,32);1-5,9,31H,6-7,26H2;1-5,27H;2-5,9H,6-7H2,1H3,(H,12,13). The minimum absolute atomic E-state index is 0.000222. The Morgan fingerprint density at radius 1 is 0.509 bits per heavy atom. The number of amides is 2. The van der Waals surface area contributed by atoms with Crippen LogP contribution in [0.5, 0.6) is 17.2 Å². The average Bonchev–Trinajstić information content (AvgIpc) is 1.66. The minimum Gasteiger partial charge on any atom is -0.506 e. The molecule has 9 aromatic heterocycles.